The van der Waals surface area contributed by atoms with Gasteiger partial charge in [-0.2, -0.15) is 0 Å². The second kappa shape index (κ2) is 5.36. The highest BCUT2D eigenvalue weighted by Crippen LogP contribution is 2.14. The van der Waals surface area contributed by atoms with Crippen molar-refractivity contribution in [2.75, 3.05) is 13.1 Å². The van der Waals surface area contributed by atoms with Crippen LogP contribution in [0.25, 0.3) is 0 Å². The molecule has 1 atom stereocenters. The van der Waals surface area contributed by atoms with Crippen molar-refractivity contribution in [1.82, 2.24) is 9.47 Å². The monoisotopic (exact) mass is 236 g/mol. The van der Waals surface area contributed by atoms with Crippen molar-refractivity contribution in [2.24, 2.45) is 0 Å². The lowest BCUT2D eigenvalue weighted by molar-refractivity contribution is -0.132. The zero-order chi connectivity index (χ0) is 12.3. The van der Waals surface area contributed by atoms with Crippen LogP contribution in [0.3, 0.4) is 0 Å². The molecule has 0 aliphatic carbocycles. The van der Waals surface area contributed by atoms with Gasteiger partial charge in [0.25, 0.3) is 0 Å². The molecule has 1 aromatic rings. The Balaban J connectivity index is 1.99. The molecular formula is C13H20N2O2. The molecule has 2 heterocycles. The van der Waals surface area contributed by atoms with E-state index in [2.05, 4.69) is 0 Å². The fourth-order valence-corrected chi connectivity index (χ4v) is 2.34. The van der Waals surface area contributed by atoms with Crippen LogP contribution in [-0.4, -0.2) is 33.6 Å². The summed E-state index contributed by atoms with van der Waals surface area (Å²) in [5, 5.41) is 9.57. The van der Waals surface area contributed by atoms with Crippen LogP contribution in [0.5, 0.6) is 0 Å². The van der Waals surface area contributed by atoms with Crippen LogP contribution in [0.2, 0.25) is 0 Å². The molecule has 4 heteroatoms. The maximum absolute atomic E-state index is 12.1. The summed E-state index contributed by atoms with van der Waals surface area (Å²) >= 11 is 0. The number of piperidine rings is 1. The number of nitrogens with zero attached hydrogens (tertiary/aromatic N) is 2. The largest absolute Gasteiger partial charge is 0.387 e. The van der Waals surface area contributed by atoms with Gasteiger partial charge in [-0.3, -0.25) is 4.79 Å². The van der Waals surface area contributed by atoms with Crippen molar-refractivity contribution in [3.63, 3.8) is 0 Å². The van der Waals surface area contributed by atoms with Gasteiger partial charge in [0.2, 0.25) is 5.91 Å². The minimum atomic E-state index is -0.529. The molecule has 1 aliphatic heterocycles. The number of hydrogen-bond acceptors (Lipinski definition) is 2. The van der Waals surface area contributed by atoms with Gasteiger partial charge in [0.15, 0.2) is 0 Å². The molecule has 1 aliphatic rings. The fraction of sp³-hybridized carbons (Fsp3) is 0.615. The molecule has 94 valence electrons. The molecular weight excluding hydrogens is 216 g/mol. The minimum absolute atomic E-state index is 0.155. The molecule has 1 amide bonds. The van der Waals surface area contributed by atoms with Crippen molar-refractivity contribution in [1.29, 1.82) is 0 Å². The number of amides is 1. The summed E-state index contributed by atoms with van der Waals surface area (Å²) in [5.74, 6) is 0.155. The summed E-state index contributed by atoms with van der Waals surface area (Å²) in [6, 6.07) is 3.72. The molecule has 4 nitrogen and oxygen atoms in total. The lowest BCUT2D eigenvalue weighted by Gasteiger charge is -2.27. The van der Waals surface area contributed by atoms with Crippen LogP contribution in [0.1, 0.15) is 38.0 Å². The maximum atomic E-state index is 12.1. The molecule has 0 saturated carbocycles. The quantitative estimate of drug-likeness (QED) is 0.865. The highest BCUT2D eigenvalue weighted by Gasteiger charge is 2.18. The van der Waals surface area contributed by atoms with Crippen molar-refractivity contribution >= 4 is 5.91 Å². The summed E-state index contributed by atoms with van der Waals surface area (Å²) in [7, 11) is 0. The van der Waals surface area contributed by atoms with E-state index in [0.717, 1.165) is 31.6 Å². The lowest BCUT2D eigenvalue weighted by Crippen LogP contribution is -2.37. The van der Waals surface area contributed by atoms with Gasteiger partial charge in [-0.05, 0) is 38.3 Å². The summed E-state index contributed by atoms with van der Waals surface area (Å²) in [4.78, 5) is 14.0. The van der Waals surface area contributed by atoms with Crippen LogP contribution in [0, 0.1) is 0 Å². The van der Waals surface area contributed by atoms with Gasteiger partial charge in [-0.25, -0.2) is 0 Å². The van der Waals surface area contributed by atoms with Crippen LogP contribution in [0.4, 0.5) is 0 Å². The SMILES string of the molecule is CC(O)c1cccn1CC(=O)N1CCCCC1. The zero-order valence-corrected chi connectivity index (χ0v) is 10.3. The average Bonchev–Trinajstić information content (AvgIpc) is 2.78. The van der Waals surface area contributed by atoms with Crippen molar-refractivity contribution < 1.29 is 9.90 Å². The van der Waals surface area contributed by atoms with E-state index in [1.165, 1.54) is 6.42 Å². The molecule has 1 fully saturated rings. The number of rotatable bonds is 3. The number of aliphatic hydroxyl groups excluding tert-OH is 1. The summed E-state index contributed by atoms with van der Waals surface area (Å²) < 4.78 is 1.83. The van der Waals surface area contributed by atoms with E-state index in [0.29, 0.717) is 6.54 Å². The number of carbonyl (C=O) groups is 1. The second-order valence-corrected chi connectivity index (χ2v) is 4.68. The van der Waals surface area contributed by atoms with Gasteiger partial charge in [0, 0.05) is 25.0 Å². The Morgan fingerprint density at radius 2 is 2.12 bits per heavy atom. The first-order chi connectivity index (χ1) is 8.18. The molecule has 1 N–H and O–H groups in total. The number of aliphatic hydroxyl groups is 1. The van der Waals surface area contributed by atoms with Crippen molar-refractivity contribution in [3.8, 4) is 0 Å². The normalized spacial score (nSPS) is 18.1. The Bertz CT molecular complexity index is 379. The van der Waals surface area contributed by atoms with Crippen LogP contribution < -0.4 is 0 Å². The summed E-state index contributed by atoms with van der Waals surface area (Å²) in [6.07, 6.45) is 4.77. The van der Waals surface area contributed by atoms with Gasteiger partial charge in [0.1, 0.15) is 6.54 Å². The van der Waals surface area contributed by atoms with Crippen molar-refractivity contribution in [3.05, 3.63) is 24.0 Å². The lowest BCUT2D eigenvalue weighted by atomic mass is 10.1. The maximum Gasteiger partial charge on any atom is 0.242 e. The van der Waals surface area contributed by atoms with E-state index in [1.807, 2.05) is 27.8 Å². The Kier molecular flexibility index (Phi) is 3.84. The number of likely N-dealkylation sites (tertiary alicyclic amines) is 1. The van der Waals surface area contributed by atoms with Gasteiger partial charge < -0.3 is 14.6 Å². The van der Waals surface area contributed by atoms with Gasteiger partial charge in [-0.1, -0.05) is 0 Å². The van der Waals surface area contributed by atoms with E-state index in [4.69, 9.17) is 0 Å². The standard InChI is InChI=1S/C13H20N2O2/c1-11(16)12-6-5-9-15(12)10-13(17)14-7-3-2-4-8-14/h5-6,9,11,16H,2-4,7-8,10H2,1H3. The van der Waals surface area contributed by atoms with E-state index < -0.39 is 6.10 Å². The van der Waals surface area contributed by atoms with Crippen LogP contribution in [0.15, 0.2) is 18.3 Å². The Morgan fingerprint density at radius 1 is 1.41 bits per heavy atom. The highest BCUT2D eigenvalue weighted by molar-refractivity contribution is 5.76. The van der Waals surface area contributed by atoms with Crippen molar-refractivity contribution in [2.45, 2.75) is 38.8 Å². The Hall–Kier alpha value is -1.29. The molecule has 0 aromatic carbocycles. The van der Waals surface area contributed by atoms with Crippen LogP contribution >= 0.6 is 0 Å². The third-order valence-electron chi connectivity index (χ3n) is 3.31. The molecule has 17 heavy (non-hydrogen) atoms. The van der Waals surface area contributed by atoms with Gasteiger partial charge in [-0.15, -0.1) is 0 Å². The minimum Gasteiger partial charge on any atom is -0.387 e. The predicted molar refractivity (Wildman–Crippen MR) is 65.5 cm³/mol. The third kappa shape index (κ3) is 2.88. The summed E-state index contributed by atoms with van der Waals surface area (Å²) in [6.45, 7) is 3.82. The van der Waals surface area contributed by atoms with E-state index >= 15 is 0 Å². The Morgan fingerprint density at radius 3 is 2.76 bits per heavy atom. The summed E-state index contributed by atoms with van der Waals surface area (Å²) in [5.41, 5.74) is 0.801. The number of aromatic nitrogens is 1. The molecule has 2 rings (SSSR count). The molecule has 1 saturated heterocycles. The smallest absolute Gasteiger partial charge is 0.242 e. The van der Waals surface area contributed by atoms with Gasteiger partial charge in [0.05, 0.1) is 6.10 Å². The average molecular weight is 236 g/mol. The number of carbonyl (C=O) groups excluding carboxylic acids is 1. The van der Waals surface area contributed by atoms with E-state index in [-0.39, 0.29) is 5.91 Å². The first-order valence-corrected chi connectivity index (χ1v) is 6.29. The Labute approximate surface area is 102 Å². The fourth-order valence-electron chi connectivity index (χ4n) is 2.34. The topological polar surface area (TPSA) is 45.5 Å². The molecule has 1 unspecified atom stereocenters. The number of hydrogen-bond donors (Lipinski definition) is 1. The third-order valence-corrected chi connectivity index (χ3v) is 3.31. The predicted octanol–water partition coefficient (Wildman–Crippen LogP) is 1.55. The first kappa shape index (κ1) is 12.2. The molecule has 0 radical (unpaired) electrons. The van der Waals surface area contributed by atoms with Crippen LogP contribution in [-0.2, 0) is 11.3 Å². The molecule has 0 spiro atoms. The molecule has 0 bridgehead atoms. The highest BCUT2D eigenvalue weighted by atomic mass is 16.3. The molecule has 1 aromatic heterocycles. The second-order valence-electron chi connectivity index (χ2n) is 4.68. The van der Waals surface area contributed by atoms with Gasteiger partial charge >= 0.3 is 0 Å². The first-order valence-electron chi connectivity index (χ1n) is 6.29. The van der Waals surface area contributed by atoms with E-state index in [9.17, 15) is 9.90 Å². The van der Waals surface area contributed by atoms with E-state index in [1.54, 1.807) is 6.92 Å². The zero-order valence-electron chi connectivity index (χ0n) is 10.3.